The Morgan fingerprint density at radius 2 is 2.17 bits per heavy atom. The number of nitrogens with zero attached hydrogens (tertiary/aromatic N) is 1. The van der Waals surface area contributed by atoms with Gasteiger partial charge in [-0.25, -0.2) is 9.37 Å². The van der Waals surface area contributed by atoms with Crippen molar-refractivity contribution in [2.45, 2.75) is 13.8 Å². The molecule has 94 valence electrons. The maximum Gasteiger partial charge on any atom is 0.267 e. The minimum Gasteiger partial charge on any atom is -0.321 e. The third-order valence-corrected chi connectivity index (χ3v) is 3.88. The summed E-state index contributed by atoms with van der Waals surface area (Å²) < 4.78 is 13.6. The predicted molar refractivity (Wildman–Crippen MR) is 73.6 cm³/mol. The van der Waals surface area contributed by atoms with E-state index in [1.165, 1.54) is 23.6 Å². The highest BCUT2D eigenvalue weighted by atomic mass is 79.9. The SMILES string of the molecule is Cc1ncc(C(=O)Nc2cc(Br)c(F)cc2C)s1. The standard InChI is InChI=1S/C12H10BrFN2OS/c1-6-3-9(14)8(13)4-10(6)16-12(17)11-5-15-7(2)18-11/h3-5H,1-2H3,(H,16,17). The molecule has 0 bridgehead atoms. The number of carbonyl (C=O) groups is 1. The summed E-state index contributed by atoms with van der Waals surface area (Å²) in [5.74, 6) is -0.582. The number of nitrogens with one attached hydrogen (secondary N) is 1. The lowest BCUT2D eigenvalue weighted by Gasteiger charge is -2.08. The minimum absolute atomic E-state index is 0.234. The lowest BCUT2D eigenvalue weighted by atomic mass is 10.2. The van der Waals surface area contributed by atoms with E-state index in [9.17, 15) is 9.18 Å². The Balaban J connectivity index is 2.24. The van der Waals surface area contributed by atoms with Gasteiger partial charge in [0.05, 0.1) is 15.7 Å². The van der Waals surface area contributed by atoms with Crippen molar-refractivity contribution >= 4 is 38.9 Å². The fraction of sp³-hybridized carbons (Fsp3) is 0.167. The van der Waals surface area contributed by atoms with Crippen molar-refractivity contribution in [2.75, 3.05) is 5.32 Å². The first kappa shape index (κ1) is 13.2. The van der Waals surface area contributed by atoms with E-state index in [-0.39, 0.29) is 11.7 Å². The topological polar surface area (TPSA) is 42.0 Å². The molecular formula is C12H10BrFN2OS. The molecule has 2 aromatic rings. The van der Waals surface area contributed by atoms with Crippen LogP contribution in [0.15, 0.2) is 22.8 Å². The number of benzene rings is 1. The summed E-state index contributed by atoms with van der Waals surface area (Å²) in [4.78, 5) is 16.5. The van der Waals surface area contributed by atoms with Crippen LogP contribution in [0.25, 0.3) is 0 Å². The van der Waals surface area contributed by atoms with Crippen molar-refractivity contribution in [1.82, 2.24) is 4.98 Å². The molecule has 0 saturated heterocycles. The molecule has 0 aliphatic heterocycles. The molecule has 0 aliphatic carbocycles. The molecule has 6 heteroatoms. The molecule has 0 spiro atoms. The molecule has 0 saturated carbocycles. The lowest BCUT2D eigenvalue weighted by molar-refractivity contribution is 0.103. The van der Waals surface area contributed by atoms with Crippen LogP contribution in [0.4, 0.5) is 10.1 Å². The molecule has 1 amide bonds. The Bertz CT molecular complexity index is 612. The van der Waals surface area contributed by atoms with Crippen LogP contribution in [0.5, 0.6) is 0 Å². The summed E-state index contributed by atoms with van der Waals surface area (Å²) in [5, 5.41) is 3.57. The molecule has 2 rings (SSSR count). The highest BCUT2D eigenvalue weighted by Crippen LogP contribution is 2.25. The molecule has 3 nitrogen and oxygen atoms in total. The van der Waals surface area contributed by atoms with Crippen LogP contribution < -0.4 is 5.32 Å². The van der Waals surface area contributed by atoms with Gasteiger partial charge in [-0.1, -0.05) is 0 Å². The third-order valence-electron chi connectivity index (χ3n) is 2.36. The highest BCUT2D eigenvalue weighted by Gasteiger charge is 2.12. The Kier molecular flexibility index (Phi) is 3.77. The maximum atomic E-state index is 13.3. The first-order valence-corrected chi connectivity index (χ1v) is 6.78. The number of thiazole rings is 1. The molecule has 18 heavy (non-hydrogen) atoms. The fourth-order valence-corrected chi connectivity index (χ4v) is 2.45. The van der Waals surface area contributed by atoms with E-state index in [0.29, 0.717) is 20.6 Å². The van der Waals surface area contributed by atoms with E-state index in [1.54, 1.807) is 13.0 Å². The summed E-state index contributed by atoms with van der Waals surface area (Å²) in [5.41, 5.74) is 1.25. The van der Waals surface area contributed by atoms with Crippen LogP contribution in [0.1, 0.15) is 20.2 Å². The second-order valence-electron chi connectivity index (χ2n) is 3.78. The van der Waals surface area contributed by atoms with Crippen LogP contribution in [0, 0.1) is 19.7 Å². The van der Waals surface area contributed by atoms with E-state index >= 15 is 0 Å². The van der Waals surface area contributed by atoms with Gasteiger partial charge in [-0.2, -0.15) is 0 Å². The smallest absolute Gasteiger partial charge is 0.267 e. The van der Waals surface area contributed by atoms with Gasteiger partial charge in [-0.15, -0.1) is 11.3 Å². The Morgan fingerprint density at radius 1 is 1.44 bits per heavy atom. The first-order valence-electron chi connectivity index (χ1n) is 5.17. The summed E-state index contributed by atoms with van der Waals surface area (Å²) >= 11 is 4.41. The molecule has 0 aliphatic rings. The van der Waals surface area contributed by atoms with Gasteiger partial charge in [-0.05, 0) is 47.5 Å². The third kappa shape index (κ3) is 2.76. The average Bonchev–Trinajstić information content (AvgIpc) is 2.73. The molecule has 0 radical (unpaired) electrons. The summed E-state index contributed by atoms with van der Waals surface area (Å²) in [6.45, 7) is 3.57. The second-order valence-corrected chi connectivity index (χ2v) is 5.87. The molecule has 0 unspecified atom stereocenters. The molecular weight excluding hydrogens is 319 g/mol. The van der Waals surface area contributed by atoms with E-state index in [2.05, 4.69) is 26.2 Å². The largest absolute Gasteiger partial charge is 0.321 e. The van der Waals surface area contributed by atoms with Gasteiger partial charge < -0.3 is 5.32 Å². The highest BCUT2D eigenvalue weighted by molar-refractivity contribution is 9.10. The summed E-state index contributed by atoms with van der Waals surface area (Å²) in [6, 6.07) is 2.92. The molecule has 1 N–H and O–H groups in total. The average molecular weight is 329 g/mol. The van der Waals surface area contributed by atoms with Gasteiger partial charge in [0, 0.05) is 5.69 Å². The van der Waals surface area contributed by atoms with E-state index in [1.807, 2.05) is 6.92 Å². The minimum atomic E-state index is -0.348. The number of hydrogen-bond acceptors (Lipinski definition) is 3. The van der Waals surface area contributed by atoms with Gasteiger partial charge >= 0.3 is 0 Å². The Morgan fingerprint density at radius 3 is 2.78 bits per heavy atom. The maximum absolute atomic E-state index is 13.3. The molecule has 1 heterocycles. The van der Waals surface area contributed by atoms with Gasteiger partial charge in [0.1, 0.15) is 10.7 Å². The predicted octanol–water partition coefficient (Wildman–Crippen LogP) is 3.91. The van der Waals surface area contributed by atoms with Crippen LogP contribution in [0.2, 0.25) is 0 Å². The van der Waals surface area contributed by atoms with Crippen LogP contribution in [-0.4, -0.2) is 10.9 Å². The molecule has 1 aromatic heterocycles. The number of hydrogen-bond donors (Lipinski definition) is 1. The molecule has 0 atom stereocenters. The number of anilines is 1. The quantitative estimate of drug-likeness (QED) is 0.907. The van der Waals surface area contributed by atoms with Gasteiger partial charge in [-0.3, -0.25) is 4.79 Å². The molecule has 1 aromatic carbocycles. The number of aryl methyl sites for hydroxylation is 2. The van der Waals surface area contributed by atoms with Crippen molar-refractivity contribution in [2.24, 2.45) is 0 Å². The normalized spacial score (nSPS) is 10.4. The van der Waals surface area contributed by atoms with E-state index < -0.39 is 0 Å². The van der Waals surface area contributed by atoms with Gasteiger partial charge in [0.2, 0.25) is 0 Å². The number of aromatic nitrogens is 1. The zero-order valence-corrected chi connectivity index (χ0v) is 12.2. The van der Waals surface area contributed by atoms with Crippen LogP contribution in [-0.2, 0) is 0 Å². The first-order chi connectivity index (χ1) is 8.47. The van der Waals surface area contributed by atoms with E-state index in [4.69, 9.17) is 0 Å². The fourth-order valence-electron chi connectivity index (χ4n) is 1.43. The second kappa shape index (κ2) is 5.16. The summed E-state index contributed by atoms with van der Waals surface area (Å²) in [7, 11) is 0. The Hall–Kier alpha value is -1.27. The summed E-state index contributed by atoms with van der Waals surface area (Å²) in [6.07, 6.45) is 1.53. The van der Waals surface area contributed by atoms with Crippen molar-refractivity contribution < 1.29 is 9.18 Å². The number of carbonyl (C=O) groups excluding carboxylic acids is 1. The van der Waals surface area contributed by atoms with Crippen LogP contribution >= 0.6 is 27.3 Å². The number of amides is 1. The monoisotopic (exact) mass is 328 g/mol. The zero-order chi connectivity index (χ0) is 13.3. The van der Waals surface area contributed by atoms with E-state index in [0.717, 1.165) is 5.01 Å². The van der Waals surface area contributed by atoms with Gasteiger partial charge in [0.25, 0.3) is 5.91 Å². The Labute approximate surface area is 116 Å². The van der Waals surface area contributed by atoms with Crippen molar-refractivity contribution in [3.8, 4) is 0 Å². The lowest BCUT2D eigenvalue weighted by Crippen LogP contribution is -2.11. The van der Waals surface area contributed by atoms with Crippen molar-refractivity contribution in [1.29, 1.82) is 0 Å². The molecule has 0 fully saturated rings. The zero-order valence-electron chi connectivity index (χ0n) is 9.75. The number of rotatable bonds is 2. The number of halogens is 2. The van der Waals surface area contributed by atoms with Crippen molar-refractivity contribution in [3.05, 3.63) is 44.1 Å². The van der Waals surface area contributed by atoms with Crippen LogP contribution in [0.3, 0.4) is 0 Å². The van der Waals surface area contributed by atoms with Gasteiger partial charge in [0.15, 0.2) is 0 Å². The van der Waals surface area contributed by atoms with Crippen molar-refractivity contribution in [3.63, 3.8) is 0 Å².